The molecule has 4 rings (SSSR count). The molecule has 0 radical (unpaired) electrons. The third kappa shape index (κ3) is 3.86. The number of hydrogen-bond acceptors (Lipinski definition) is 3. The van der Waals surface area contributed by atoms with Crippen LogP contribution < -0.4 is 0 Å². The highest BCUT2D eigenvalue weighted by molar-refractivity contribution is 5.15. The molecule has 1 atom stereocenters. The number of hydrogen-bond donors (Lipinski definition) is 0. The first-order valence-corrected chi connectivity index (χ1v) is 10.4. The minimum absolute atomic E-state index is 0.482. The Labute approximate surface area is 157 Å². The van der Waals surface area contributed by atoms with E-state index in [0.29, 0.717) is 6.04 Å². The average Bonchev–Trinajstić information content (AvgIpc) is 3.08. The summed E-state index contributed by atoms with van der Waals surface area (Å²) in [5.41, 5.74) is 1.44. The topological polar surface area (TPSA) is 24.3 Å². The first kappa shape index (κ1) is 17.7. The van der Waals surface area contributed by atoms with Crippen LogP contribution in [-0.4, -0.2) is 52.1 Å². The Hall–Kier alpha value is -1.65. The second-order valence-electron chi connectivity index (χ2n) is 7.82. The number of imidazole rings is 1. The van der Waals surface area contributed by atoms with E-state index in [-0.39, 0.29) is 0 Å². The number of rotatable bonds is 5. The number of aryl methyl sites for hydroxylation is 1. The number of piperidine rings is 1. The van der Waals surface area contributed by atoms with Crippen LogP contribution in [-0.2, 0) is 13.0 Å². The molecule has 0 N–H and O–H groups in total. The fourth-order valence-corrected chi connectivity index (χ4v) is 4.78. The van der Waals surface area contributed by atoms with Crippen LogP contribution in [0.4, 0.5) is 0 Å². The van der Waals surface area contributed by atoms with Gasteiger partial charge in [0.1, 0.15) is 5.82 Å². The number of fused-ring (bicyclic) bond motifs is 1. The lowest BCUT2D eigenvalue weighted by molar-refractivity contribution is 0.0871. The van der Waals surface area contributed by atoms with Gasteiger partial charge in [-0.2, -0.15) is 0 Å². The molecule has 1 aromatic carbocycles. The van der Waals surface area contributed by atoms with Crippen LogP contribution in [0.3, 0.4) is 0 Å². The highest BCUT2D eigenvalue weighted by Crippen LogP contribution is 2.36. The highest BCUT2D eigenvalue weighted by atomic mass is 15.2. The third-order valence-corrected chi connectivity index (χ3v) is 6.31. The van der Waals surface area contributed by atoms with E-state index in [1.165, 1.54) is 56.8 Å². The smallest absolute Gasteiger partial charge is 0.126 e. The van der Waals surface area contributed by atoms with E-state index < -0.39 is 0 Å². The summed E-state index contributed by atoms with van der Waals surface area (Å²) in [6.45, 7) is 9.39. The summed E-state index contributed by atoms with van der Waals surface area (Å²) in [5, 5.41) is 0. The molecule has 0 spiro atoms. The van der Waals surface area contributed by atoms with Crippen LogP contribution in [0.25, 0.3) is 0 Å². The SMILES string of the molecule is CCN1CCC(C2c3nccn3CCCN2CCc2ccccc2)CC1. The molecule has 4 nitrogen and oxygen atoms in total. The van der Waals surface area contributed by atoms with Gasteiger partial charge >= 0.3 is 0 Å². The summed E-state index contributed by atoms with van der Waals surface area (Å²) in [4.78, 5) is 10.2. The maximum Gasteiger partial charge on any atom is 0.126 e. The van der Waals surface area contributed by atoms with Crippen LogP contribution in [0, 0.1) is 5.92 Å². The molecule has 0 aliphatic carbocycles. The molecule has 1 aromatic heterocycles. The summed E-state index contributed by atoms with van der Waals surface area (Å²) in [7, 11) is 0. The first-order valence-electron chi connectivity index (χ1n) is 10.4. The van der Waals surface area contributed by atoms with Gasteiger partial charge in [-0.25, -0.2) is 4.98 Å². The number of likely N-dealkylation sites (tertiary alicyclic amines) is 1. The van der Waals surface area contributed by atoms with Crippen molar-refractivity contribution in [3.8, 4) is 0 Å². The Morgan fingerprint density at radius 2 is 1.85 bits per heavy atom. The molecule has 4 heteroatoms. The molecular formula is C22H32N4. The molecule has 1 fully saturated rings. The van der Waals surface area contributed by atoms with Crippen molar-refractivity contribution in [2.75, 3.05) is 32.7 Å². The lowest BCUT2D eigenvalue weighted by Gasteiger charge is -2.40. The number of nitrogens with zero attached hydrogens (tertiary/aromatic N) is 4. The number of aromatic nitrogens is 2. The van der Waals surface area contributed by atoms with E-state index in [4.69, 9.17) is 4.98 Å². The minimum Gasteiger partial charge on any atom is -0.334 e. The summed E-state index contributed by atoms with van der Waals surface area (Å²) in [6, 6.07) is 11.4. The largest absolute Gasteiger partial charge is 0.334 e. The maximum atomic E-state index is 4.83. The van der Waals surface area contributed by atoms with Crippen LogP contribution in [0.15, 0.2) is 42.7 Å². The predicted molar refractivity (Wildman–Crippen MR) is 106 cm³/mol. The van der Waals surface area contributed by atoms with Gasteiger partial charge in [0, 0.05) is 32.0 Å². The van der Waals surface area contributed by atoms with Crippen molar-refractivity contribution in [3.05, 3.63) is 54.1 Å². The van der Waals surface area contributed by atoms with Gasteiger partial charge in [-0.3, -0.25) is 4.90 Å². The van der Waals surface area contributed by atoms with Crippen LogP contribution in [0.2, 0.25) is 0 Å². The van der Waals surface area contributed by atoms with Gasteiger partial charge in [0.15, 0.2) is 0 Å². The fourth-order valence-electron chi connectivity index (χ4n) is 4.78. The monoisotopic (exact) mass is 352 g/mol. The molecule has 0 amide bonds. The van der Waals surface area contributed by atoms with Crippen molar-refractivity contribution in [2.45, 2.75) is 45.2 Å². The normalized spacial score (nSPS) is 22.9. The van der Waals surface area contributed by atoms with E-state index in [1.807, 2.05) is 6.20 Å². The van der Waals surface area contributed by atoms with Gasteiger partial charge < -0.3 is 9.47 Å². The van der Waals surface area contributed by atoms with Crippen LogP contribution >= 0.6 is 0 Å². The van der Waals surface area contributed by atoms with Gasteiger partial charge in [-0.1, -0.05) is 37.3 Å². The average molecular weight is 353 g/mol. The minimum atomic E-state index is 0.482. The molecule has 2 aliphatic rings. The van der Waals surface area contributed by atoms with Gasteiger partial charge in [0.05, 0.1) is 6.04 Å². The molecule has 26 heavy (non-hydrogen) atoms. The zero-order valence-corrected chi connectivity index (χ0v) is 16.1. The van der Waals surface area contributed by atoms with E-state index in [9.17, 15) is 0 Å². The molecule has 0 bridgehead atoms. The Balaban J connectivity index is 1.53. The molecular weight excluding hydrogens is 320 g/mol. The molecule has 1 saturated heterocycles. The Kier molecular flexibility index (Phi) is 5.71. The zero-order chi connectivity index (χ0) is 17.8. The quantitative estimate of drug-likeness (QED) is 0.822. The van der Waals surface area contributed by atoms with E-state index >= 15 is 0 Å². The van der Waals surface area contributed by atoms with Crippen molar-refractivity contribution in [1.29, 1.82) is 0 Å². The Morgan fingerprint density at radius 1 is 1.04 bits per heavy atom. The fraction of sp³-hybridized carbons (Fsp3) is 0.591. The van der Waals surface area contributed by atoms with Gasteiger partial charge in [-0.15, -0.1) is 0 Å². The van der Waals surface area contributed by atoms with Crippen molar-refractivity contribution < 1.29 is 0 Å². The van der Waals surface area contributed by atoms with Gasteiger partial charge in [0.25, 0.3) is 0 Å². The van der Waals surface area contributed by atoms with Gasteiger partial charge in [-0.05, 0) is 56.8 Å². The van der Waals surface area contributed by atoms with Crippen molar-refractivity contribution in [1.82, 2.24) is 19.4 Å². The molecule has 0 saturated carbocycles. The lowest BCUT2D eigenvalue weighted by Crippen LogP contribution is -2.41. The van der Waals surface area contributed by atoms with Crippen molar-refractivity contribution >= 4 is 0 Å². The standard InChI is InChI=1S/C22H32N4/c1-2-24-15-10-20(11-16-24)21-22-23-12-18-26(22)14-6-13-25(21)17-9-19-7-4-3-5-8-19/h3-5,7-8,12,18,20-21H,2,6,9-11,13-17H2,1H3. The van der Waals surface area contributed by atoms with E-state index in [0.717, 1.165) is 25.4 Å². The molecule has 140 valence electrons. The van der Waals surface area contributed by atoms with Crippen LogP contribution in [0.5, 0.6) is 0 Å². The first-order chi connectivity index (χ1) is 12.8. The summed E-state index contributed by atoms with van der Waals surface area (Å²) in [5.74, 6) is 2.04. The second kappa shape index (κ2) is 8.36. The second-order valence-corrected chi connectivity index (χ2v) is 7.82. The summed E-state index contributed by atoms with van der Waals surface area (Å²) >= 11 is 0. The van der Waals surface area contributed by atoms with Gasteiger partial charge in [0.2, 0.25) is 0 Å². The van der Waals surface area contributed by atoms with Crippen LogP contribution in [0.1, 0.15) is 43.6 Å². The summed E-state index contributed by atoms with van der Waals surface area (Å²) in [6.07, 6.45) is 9.14. The van der Waals surface area contributed by atoms with E-state index in [1.54, 1.807) is 0 Å². The Bertz CT molecular complexity index is 672. The number of benzene rings is 1. The predicted octanol–water partition coefficient (Wildman–Crippen LogP) is 3.60. The zero-order valence-electron chi connectivity index (χ0n) is 16.1. The van der Waals surface area contributed by atoms with E-state index in [2.05, 4.69) is 57.8 Å². The maximum absolute atomic E-state index is 4.83. The summed E-state index contributed by atoms with van der Waals surface area (Å²) < 4.78 is 2.42. The molecule has 2 aliphatic heterocycles. The van der Waals surface area contributed by atoms with Crippen molar-refractivity contribution in [3.63, 3.8) is 0 Å². The molecule has 3 heterocycles. The Morgan fingerprint density at radius 3 is 2.62 bits per heavy atom. The molecule has 2 aromatic rings. The third-order valence-electron chi connectivity index (χ3n) is 6.31. The van der Waals surface area contributed by atoms with Crippen molar-refractivity contribution in [2.24, 2.45) is 5.92 Å². The lowest BCUT2D eigenvalue weighted by atomic mass is 9.87. The molecule has 1 unspecified atom stereocenters. The highest BCUT2D eigenvalue weighted by Gasteiger charge is 2.35.